The number of rotatable bonds is 10. The Balaban J connectivity index is 1.34. The summed E-state index contributed by atoms with van der Waals surface area (Å²) in [5, 5.41) is 17.1. The van der Waals surface area contributed by atoms with Crippen molar-refractivity contribution in [1.82, 2.24) is 19.7 Å². The van der Waals surface area contributed by atoms with Gasteiger partial charge in [0.15, 0.2) is 0 Å². The van der Waals surface area contributed by atoms with E-state index in [1.807, 2.05) is 0 Å². The quantitative estimate of drug-likeness (QED) is 0.466. The molecule has 0 aliphatic carbocycles. The van der Waals surface area contributed by atoms with Gasteiger partial charge in [0.25, 0.3) is 0 Å². The molecule has 4 rings (SSSR count). The molecule has 0 spiro atoms. The Morgan fingerprint density at radius 1 is 1.25 bits per heavy atom. The van der Waals surface area contributed by atoms with Crippen molar-refractivity contribution in [2.45, 2.75) is 38.1 Å². The van der Waals surface area contributed by atoms with E-state index in [2.05, 4.69) is 27.5 Å². The molecular formula is C23H27N5O4. The number of pyridine rings is 2. The largest absolute Gasteiger partial charge is 0.481 e. The zero-order valence-corrected chi connectivity index (χ0v) is 18.0. The lowest BCUT2D eigenvalue weighted by Crippen LogP contribution is -2.16. The average molecular weight is 438 g/mol. The molecule has 4 heterocycles. The summed E-state index contributed by atoms with van der Waals surface area (Å²) in [6.07, 6.45) is 6.99. The summed E-state index contributed by atoms with van der Waals surface area (Å²) in [5.74, 6) is 0.0120. The number of methoxy groups -OCH3 is 1. The fraction of sp³-hybridized carbons (Fsp3) is 0.391. The van der Waals surface area contributed by atoms with E-state index in [1.54, 1.807) is 35.3 Å². The summed E-state index contributed by atoms with van der Waals surface area (Å²) in [7, 11) is 1.53. The summed E-state index contributed by atoms with van der Waals surface area (Å²) in [6, 6.07) is 8.92. The predicted molar refractivity (Wildman–Crippen MR) is 118 cm³/mol. The van der Waals surface area contributed by atoms with Gasteiger partial charge in [-0.25, -0.2) is 4.98 Å². The number of aromatic nitrogens is 4. The normalized spacial score (nSPS) is 13.7. The van der Waals surface area contributed by atoms with Crippen LogP contribution in [0.4, 0.5) is 5.69 Å². The molecular weight excluding hydrogens is 410 g/mol. The first-order valence-corrected chi connectivity index (χ1v) is 10.7. The maximum absolute atomic E-state index is 11.4. The molecule has 32 heavy (non-hydrogen) atoms. The second-order valence-electron chi connectivity index (χ2n) is 7.66. The Kier molecular flexibility index (Phi) is 6.84. The minimum absolute atomic E-state index is 0.117. The minimum atomic E-state index is -0.920. The van der Waals surface area contributed by atoms with Gasteiger partial charge in [-0.1, -0.05) is 0 Å². The number of nitrogens with one attached hydrogen (secondary N) is 1. The first-order valence-electron chi connectivity index (χ1n) is 10.7. The molecule has 1 aliphatic rings. The Hall–Kier alpha value is -3.62. The molecule has 0 fully saturated rings. The van der Waals surface area contributed by atoms with Crippen molar-refractivity contribution in [3.63, 3.8) is 0 Å². The molecule has 168 valence electrons. The number of nitrogens with zero attached hydrogens (tertiary/aromatic N) is 4. The predicted octanol–water partition coefficient (Wildman–Crippen LogP) is 3.12. The molecule has 1 aliphatic heterocycles. The van der Waals surface area contributed by atoms with Crippen molar-refractivity contribution in [2.24, 2.45) is 0 Å². The van der Waals surface area contributed by atoms with Gasteiger partial charge < -0.3 is 19.9 Å². The number of aryl methyl sites for hydroxylation is 2. The molecule has 0 radical (unpaired) electrons. The number of carboxylic acid groups (broad SMARTS) is 1. The van der Waals surface area contributed by atoms with E-state index in [4.69, 9.17) is 14.5 Å². The summed E-state index contributed by atoms with van der Waals surface area (Å²) in [5.41, 5.74) is 4.08. The number of aliphatic carboxylic acids is 1. The summed E-state index contributed by atoms with van der Waals surface area (Å²) in [4.78, 5) is 20.3. The maximum Gasteiger partial charge on any atom is 0.305 e. The fourth-order valence-corrected chi connectivity index (χ4v) is 3.76. The molecule has 1 atom stereocenters. The molecule has 9 heteroatoms. The van der Waals surface area contributed by atoms with Crippen molar-refractivity contribution < 1.29 is 19.4 Å². The van der Waals surface area contributed by atoms with Crippen LogP contribution in [-0.2, 0) is 17.6 Å². The number of anilines is 1. The van der Waals surface area contributed by atoms with E-state index in [9.17, 15) is 9.90 Å². The third kappa shape index (κ3) is 5.35. The third-order valence-electron chi connectivity index (χ3n) is 5.39. The van der Waals surface area contributed by atoms with Gasteiger partial charge >= 0.3 is 5.97 Å². The Labute approximate surface area is 186 Å². The van der Waals surface area contributed by atoms with Crippen molar-refractivity contribution >= 4 is 11.7 Å². The molecule has 3 aromatic heterocycles. The van der Waals surface area contributed by atoms with Crippen LogP contribution in [0, 0.1) is 0 Å². The summed E-state index contributed by atoms with van der Waals surface area (Å²) < 4.78 is 12.5. The second kappa shape index (κ2) is 10.1. The third-order valence-corrected chi connectivity index (χ3v) is 5.39. The molecule has 0 saturated carbocycles. The lowest BCUT2D eigenvalue weighted by molar-refractivity contribution is -0.137. The molecule has 3 aromatic rings. The topological polar surface area (TPSA) is 111 Å². The van der Waals surface area contributed by atoms with Crippen LogP contribution in [0.25, 0.3) is 0 Å². The zero-order valence-electron chi connectivity index (χ0n) is 18.0. The van der Waals surface area contributed by atoms with Gasteiger partial charge in [-0.3, -0.25) is 14.5 Å². The Morgan fingerprint density at radius 3 is 2.94 bits per heavy atom. The maximum atomic E-state index is 11.4. The minimum Gasteiger partial charge on any atom is -0.481 e. The van der Waals surface area contributed by atoms with Gasteiger partial charge in [0.05, 0.1) is 37.6 Å². The SMILES string of the molecule is COc1ccc(C(CC(=O)O)n2ccc(OCCCc3ccc4c(n3)CCCN4)n2)cn1. The van der Waals surface area contributed by atoms with Crippen molar-refractivity contribution in [3.05, 3.63) is 59.7 Å². The number of hydrogen-bond acceptors (Lipinski definition) is 7. The van der Waals surface area contributed by atoms with Crippen molar-refractivity contribution in [3.8, 4) is 11.8 Å². The lowest BCUT2D eigenvalue weighted by atomic mass is 10.1. The first kappa shape index (κ1) is 21.6. The van der Waals surface area contributed by atoms with Gasteiger partial charge in [0, 0.05) is 36.8 Å². The number of carboxylic acids is 1. The van der Waals surface area contributed by atoms with Crippen molar-refractivity contribution in [2.75, 3.05) is 25.6 Å². The fourth-order valence-electron chi connectivity index (χ4n) is 3.76. The van der Waals surface area contributed by atoms with Crippen LogP contribution in [-0.4, -0.2) is 51.1 Å². The van der Waals surface area contributed by atoms with Crippen molar-refractivity contribution in [1.29, 1.82) is 0 Å². The van der Waals surface area contributed by atoms with Gasteiger partial charge in [-0.2, -0.15) is 0 Å². The van der Waals surface area contributed by atoms with Crippen LogP contribution >= 0.6 is 0 Å². The molecule has 0 aromatic carbocycles. The molecule has 9 nitrogen and oxygen atoms in total. The molecule has 2 N–H and O–H groups in total. The van der Waals surface area contributed by atoms with Gasteiger partial charge in [0.2, 0.25) is 11.8 Å². The highest BCUT2D eigenvalue weighted by atomic mass is 16.5. The summed E-state index contributed by atoms with van der Waals surface area (Å²) in [6.45, 7) is 1.51. The van der Waals surface area contributed by atoms with Crippen LogP contribution in [0.2, 0.25) is 0 Å². The highest BCUT2D eigenvalue weighted by molar-refractivity contribution is 5.68. The average Bonchev–Trinajstić information content (AvgIpc) is 3.29. The number of fused-ring (bicyclic) bond motifs is 1. The van der Waals surface area contributed by atoms with Gasteiger partial charge in [0.1, 0.15) is 0 Å². The molecule has 0 saturated heterocycles. The van der Waals surface area contributed by atoms with E-state index >= 15 is 0 Å². The smallest absolute Gasteiger partial charge is 0.305 e. The standard InChI is InChI=1S/C23H27N5O4/c1-31-21-9-6-16(15-25-21)20(14-23(29)30)28-12-10-22(27-28)32-13-3-4-17-7-8-18-19(26-17)5-2-11-24-18/h6-10,12,15,20,24H,2-5,11,13-14H2,1H3,(H,29,30). The van der Waals surface area contributed by atoms with Crippen LogP contribution < -0.4 is 14.8 Å². The zero-order chi connectivity index (χ0) is 22.3. The highest BCUT2D eigenvalue weighted by Crippen LogP contribution is 2.24. The van der Waals surface area contributed by atoms with Crippen LogP contribution in [0.3, 0.4) is 0 Å². The number of hydrogen-bond donors (Lipinski definition) is 2. The highest BCUT2D eigenvalue weighted by Gasteiger charge is 2.20. The van der Waals surface area contributed by atoms with E-state index in [-0.39, 0.29) is 6.42 Å². The molecule has 1 unspecified atom stereocenters. The van der Waals surface area contributed by atoms with Crippen LogP contribution in [0.5, 0.6) is 11.8 Å². The molecule has 0 bridgehead atoms. The second-order valence-corrected chi connectivity index (χ2v) is 7.66. The van der Waals surface area contributed by atoms with Gasteiger partial charge in [-0.15, -0.1) is 5.10 Å². The van der Waals surface area contributed by atoms with E-state index < -0.39 is 12.0 Å². The van der Waals surface area contributed by atoms with E-state index in [0.717, 1.165) is 54.9 Å². The van der Waals surface area contributed by atoms with E-state index in [0.29, 0.717) is 18.4 Å². The lowest BCUT2D eigenvalue weighted by Gasteiger charge is -2.17. The number of ether oxygens (including phenoxy) is 2. The monoisotopic (exact) mass is 437 g/mol. The number of carbonyl (C=O) groups is 1. The van der Waals surface area contributed by atoms with Crippen LogP contribution in [0.1, 0.15) is 42.3 Å². The summed E-state index contributed by atoms with van der Waals surface area (Å²) >= 11 is 0. The van der Waals surface area contributed by atoms with Crippen LogP contribution in [0.15, 0.2) is 42.7 Å². The Bertz CT molecular complexity index is 1050. The first-order chi connectivity index (χ1) is 15.6. The molecule has 0 amide bonds. The van der Waals surface area contributed by atoms with Gasteiger partial charge in [-0.05, 0) is 49.4 Å². The Morgan fingerprint density at radius 2 is 2.16 bits per heavy atom. The van der Waals surface area contributed by atoms with E-state index in [1.165, 1.54) is 7.11 Å².